The van der Waals surface area contributed by atoms with Crippen LogP contribution in [0.1, 0.15) is 26.3 Å². The predicted molar refractivity (Wildman–Crippen MR) is 73.0 cm³/mol. The molecule has 18 heavy (non-hydrogen) atoms. The van der Waals surface area contributed by atoms with Gasteiger partial charge in [0.25, 0.3) is 0 Å². The largest absolute Gasteiger partial charge is 0.434 e. The number of ether oxygens (including phenoxy) is 1. The molecule has 0 fully saturated rings. The fraction of sp³-hybridized carbons (Fsp3) is 0.417. The van der Waals surface area contributed by atoms with Crippen LogP contribution >= 0.6 is 23.5 Å². The van der Waals surface area contributed by atoms with E-state index in [4.69, 9.17) is 11.6 Å². The van der Waals surface area contributed by atoms with Gasteiger partial charge in [-0.25, -0.2) is 4.40 Å². The molecule has 0 aliphatic rings. The number of hydrogen-bond acceptors (Lipinski definition) is 3. The van der Waals surface area contributed by atoms with E-state index in [2.05, 4.69) is 9.13 Å². The predicted octanol–water partition coefficient (Wildman–Crippen LogP) is 4.81. The lowest BCUT2D eigenvalue weighted by molar-refractivity contribution is -0.0499. The molecule has 0 N–H and O–H groups in total. The van der Waals surface area contributed by atoms with Gasteiger partial charge in [-0.15, -0.1) is 0 Å². The summed E-state index contributed by atoms with van der Waals surface area (Å²) in [7, 11) is 0. The van der Waals surface area contributed by atoms with E-state index in [0.717, 1.165) is 0 Å². The average molecular weight is 294 g/mol. The smallest absolute Gasteiger partial charge is 0.387 e. The van der Waals surface area contributed by atoms with Crippen LogP contribution in [-0.4, -0.2) is 17.6 Å². The highest BCUT2D eigenvalue weighted by molar-refractivity contribution is 7.99. The molecule has 0 spiro atoms. The Labute approximate surface area is 115 Å². The van der Waals surface area contributed by atoms with Crippen LogP contribution in [0, 0.1) is 0 Å². The molecule has 0 aliphatic heterocycles. The molecule has 100 valence electrons. The van der Waals surface area contributed by atoms with Crippen LogP contribution < -0.4 is 4.74 Å². The molecule has 0 amide bonds. The highest BCUT2D eigenvalue weighted by atomic mass is 35.5. The molecular weight excluding hydrogens is 280 g/mol. The lowest BCUT2D eigenvalue weighted by atomic mass is 10.2. The lowest BCUT2D eigenvalue weighted by Gasteiger charge is -2.12. The number of alkyl halides is 2. The first kappa shape index (κ1) is 15.2. The van der Waals surface area contributed by atoms with Crippen LogP contribution in [0.2, 0.25) is 5.02 Å². The second kappa shape index (κ2) is 6.38. The summed E-state index contributed by atoms with van der Waals surface area (Å²) < 4.78 is 32.9. The number of hydrogen-bond donors (Lipinski definition) is 0. The first-order valence-electron chi connectivity index (χ1n) is 5.24. The van der Waals surface area contributed by atoms with Gasteiger partial charge >= 0.3 is 6.61 Å². The minimum atomic E-state index is -2.87. The molecule has 0 saturated carbocycles. The first-order chi connectivity index (χ1) is 8.28. The topological polar surface area (TPSA) is 21.6 Å². The summed E-state index contributed by atoms with van der Waals surface area (Å²) in [4.78, 5) is 0. The summed E-state index contributed by atoms with van der Waals surface area (Å²) in [5, 5.41) is 0.443. The standard InChI is InChI=1S/C12H14ClF2NOS/c1-12(2,3)18-16-7-8-6-9(13)4-5-10(8)17-11(14)15/h4-7,11H,1-3H3. The quantitative estimate of drug-likeness (QED) is 0.587. The molecule has 2 nitrogen and oxygen atoms in total. The molecule has 0 bridgehead atoms. The van der Waals surface area contributed by atoms with Crippen LogP contribution in [0.4, 0.5) is 8.78 Å². The number of benzene rings is 1. The first-order valence-corrected chi connectivity index (χ1v) is 6.39. The van der Waals surface area contributed by atoms with Crippen molar-refractivity contribution in [2.75, 3.05) is 0 Å². The van der Waals surface area contributed by atoms with Gasteiger partial charge in [0.05, 0.1) is 0 Å². The molecule has 6 heteroatoms. The van der Waals surface area contributed by atoms with Crippen LogP contribution in [0.25, 0.3) is 0 Å². The molecule has 0 aromatic heterocycles. The Hall–Kier alpha value is -0.810. The normalized spacial score (nSPS) is 12.4. The van der Waals surface area contributed by atoms with Crippen LogP contribution in [0.15, 0.2) is 22.6 Å². The molecule has 0 unspecified atom stereocenters. The van der Waals surface area contributed by atoms with Gasteiger partial charge < -0.3 is 4.74 Å². The zero-order chi connectivity index (χ0) is 13.8. The van der Waals surface area contributed by atoms with Crippen molar-refractivity contribution in [2.24, 2.45) is 4.40 Å². The van der Waals surface area contributed by atoms with Gasteiger partial charge in [0.1, 0.15) is 5.75 Å². The summed E-state index contributed by atoms with van der Waals surface area (Å²) in [6, 6.07) is 4.43. The van der Waals surface area contributed by atoms with Crippen molar-refractivity contribution in [1.82, 2.24) is 0 Å². The molecule has 0 atom stereocenters. The van der Waals surface area contributed by atoms with Gasteiger partial charge in [0.2, 0.25) is 0 Å². The maximum Gasteiger partial charge on any atom is 0.387 e. The molecule has 0 aliphatic carbocycles. The SMILES string of the molecule is CC(C)(C)SN=Cc1cc(Cl)ccc1OC(F)F. The van der Waals surface area contributed by atoms with E-state index in [1.807, 2.05) is 20.8 Å². The lowest BCUT2D eigenvalue weighted by Crippen LogP contribution is -2.06. The minimum Gasteiger partial charge on any atom is -0.434 e. The van der Waals surface area contributed by atoms with E-state index in [9.17, 15) is 8.78 Å². The van der Waals surface area contributed by atoms with Crippen LogP contribution in [0.5, 0.6) is 5.75 Å². The average Bonchev–Trinajstić information content (AvgIpc) is 2.19. The van der Waals surface area contributed by atoms with E-state index < -0.39 is 6.61 Å². The van der Waals surface area contributed by atoms with Crippen molar-refractivity contribution in [2.45, 2.75) is 32.1 Å². The highest BCUT2D eigenvalue weighted by Crippen LogP contribution is 2.26. The molecule has 0 heterocycles. The van der Waals surface area contributed by atoms with Crippen LogP contribution in [0.3, 0.4) is 0 Å². The summed E-state index contributed by atoms with van der Waals surface area (Å²) in [6.07, 6.45) is 1.47. The van der Waals surface area contributed by atoms with E-state index in [-0.39, 0.29) is 10.5 Å². The van der Waals surface area contributed by atoms with Crippen molar-refractivity contribution in [3.63, 3.8) is 0 Å². The second-order valence-corrected chi connectivity index (χ2v) is 6.55. The summed E-state index contributed by atoms with van der Waals surface area (Å²) >= 11 is 7.16. The van der Waals surface area contributed by atoms with Crippen LogP contribution in [-0.2, 0) is 0 Å². The third kappa shape index (κ3) is 5.69. The van der Waals surface area contributed by atoms with Gasteiger partial charge in [-0.1, -0.05) is 11.6 Å². The summed E-state index contributed by atoms with van der Waals surface area (Å²) in [5.74, 6) is 0.0626. The van der Waals surface area contributed by atoms with Crippen molar-refractivity contribution in [1.29, 1.82) is 0 Å². The van der Waals surface area contributed by atoms with E-state index >= 15 is 0 Å². The zero-order valence-corrected chi connectivity index (χ0v) is 11.9. The summed E-state index contributed by atoms with van der Waals surface area (Å²) in [6.45, 7) is 3.14. The monoisotopic (exact) mass is 293 g/mol. The maximum atomic E-state index is 12.2. The summed E-state index contributed by atoms with van der Waals surface area (Å²) in [5.41, 5.74) is 0.430. The Morgan fingerprint density at radius 2 is 2.06 bits per heavy atom. The Morgan fingerprint density at radius 1 is 1.39 bits per heavy atom. The number of nitrogens with zero attached hydrogens (tertiary/aromatic N) is 1. The fourth-order valence-electron chi connectivity index (χ4n) is 1.06. The molecule has 1 aromatic rings. The second-order valence-electron chi connectivity index (χ2n) is 4.50. The number of halogens is 3. The Morgan fingerprint density at radius 3 is 2.61 bits per heavy atom. The Bertz CT molecular complexity index is 433. The highest BCUT2D eigenvalue weighted by Gasteiger charge is 2.11. The van der Waals surface area contributed by atoms with Crippen molar-refractivity contribution in [3.05, 3.63) is 28.8 Å². The van der Waals surface area contributed by atoms with Gasteiger partial charge in [-0.2, -0.15) is 8.78 Å². The van der Waals surface area contributed by atoms with Gasteiger partial charge in [0, 0.05) is 21.5 Å². The number of rotatable bonds is 4. The Balaban J connectivity index is 2.88. The fourth-order valence-corrected chi connectivity index (χ4v) is 1.73. The van der Waals surface area contributed by atoms with Crippen molar-refractivity contribution < 1.29 is 13.5 Å². The van der Waals surface area contributed by atoms with Crippen molar-refractivity contribution in [3.8, 4) is 5.75 Å². The van der Waals surface area contributed by atoms with Gasteiger partial charge in [0.15, 0.2) is 0 Å². The van der Waals surface area contributed by atoms with E-state index in [1.54, 1.807) is 0 Å². The van der Waals surface area contributed by atoms with E-state index in [0.29, 0.717) is 10.6 Å². The Kier molecular flexibility index (Phi) is 5.41. The van der Waals surface area contributed by atoms with E-state index in [1.165, 1.54) is 36.4 Å². The maximum absolute atomic E-state index is 12.2. The van der Waals surface area contributed by atoms with Gasteiger partial charge in [-0.3, -0.25) is 0 Å². The zero-order valence-electron chi connectivity index (χ0n) is 10.3. The minimum absolute atomic E-state index is 0.0428. The molecule has 0 radical (unpaired) electrons. The van der Waals surface area contributed by atoms with Crippen molar-refractivity contribution >= 4 is 29.8 Å². The molecule has 0 saturated heterocycles. The third-order valence-electron chi connectivity index (χ3n) is 1.71. The van der Waals surface area contributed by atoms with Gasteiger partial charge in [-0.05, 0) is 50.9 Å². The molecule has 1 rings (SSSR count). The molecule has 1 aromatic carbocycles. The third-order valence-corrected chi connectivity index (χ3v) is 2.70. The molecular formula is C12H14ClF2NOS.